The predicted octanol–water partition coefficient (Wildman–Crippen LogP) is 2.75. The lowest BCUT2D eigenvalue weighted by Gasteiger charge is -2.38. The van der Waals surface area contributed by atoms with Crippen LogP contribution >= 0.6 is 15.9 Å². The fourth-order valence-corrected chi connectivity index (χ4v) is 3.36. The minimum Gasteiger partial charge on any atom is -0.480 e. The molecule has 0 amide bonds. The molecule has 21 heavy (non-hydrogen) atoms. The van der Waals surface area contributed by atoms with Crippen molar-refractivity contribution < 1.29 is 14.7 Å². The van der Waals surface area contributed by atoms with E-state index in [9.17, 15) is 14.7 Å². The molecule has 0 aliphatic carbocycles. The first-order valence-electron chi connectivity index (χ1n) is 7.22. The lowest BCUT2D eigenvalue weighted by atomic mass is 9.74. The largest absolute Gasteiger partial charge is 0.480 e. The number of likely N-dealkylation sites (tertiary alicyclic amines) is 1. The summed E-state index contributed by atoms with van der Waals surface area (Å²) in [6, 6.07) is 7.74. The fourth-order valence-electron chi connectivity index (χ4n) is 2.88. The zero-order chi connectivity index (χ0) is 15.5. The fraction of sp³-hybridized carbons (Fsp3) is 0.500. The molecule has 1 aliphatic rings. The molecule has 1 aromatic carbocycles. The molecule has 0 aromatic heterocycles. The van der Waals surface area contributed by atoms with Crippen molar-refractivity contribution in [2.24, 2.45) is 5.41 Å². The first-order valence-corrected chi connectivity index (χ1v) is 8.01. The third kappa shape index (κ3) is 3.35. The Morgan fingerprint density at radius 3 is 2.76 bits per heavy atom. The number of carbonyl (C=O) groups excluding carboxylic acids is 1. The number of halogens is 1. The number of carboxylic acid groups (broad SMARTS) is 1. The molecular formula is C16H20BrNO3. The highest BCUT2D eigenvalue weighted by atomic mass is 79.9. The minimum atomic E-state index is -1.26. The molecule has 0 saturated carbocycles. The van der Waals surface area contributed by atoms with Crippen LogP contribution in [0.5, 0.6) is 0 Å². The second-order valence-electron chi connectivity index (χ2n) is 5.52. The quantitative estimate of drug-likeness (QED) is 0.827. The monoisotopic (exact) mass is 353 g/mol. The van der Waals surface area contributed by atoms with E-state index in [1.54, 1.807) is 0 Å². The molecule has 1 atom stereocenters. The van der Waals surface area contributed by atoms with Crippen molar-refractivity contribution in [1.82, 2.24) is 4.90 Å². The van der Waals surface area contributed by atoms with Gasteiger partial charge in [-0.15, -0.1) is 0 Å². The predicted molar refractivity (Wildman–Crippen MR) is 84.3 cm³/mol. The van der Waals surface area contributed by atoms with Crippen LogP contribution in [0, 0.1) is 5.41 Å². The van der Waals surface area contributed by atoms with Crippen molar-refractivity contribution in [3.8, 4) is 0 Å². The molecule has 4 nitrogen and oxygen atoms in total. The van der Waals surface area contributed by atoms with Gasteiger partial charge in [0.05, 0.1) is 0 Å². The highest BCUT2D eigenvalue weighted by Crippen LogP contribution is 2.33. The average molecular weight is 354 g/mol. The van der Waals surface area contributed by atoms with Crippen LogP contribution < -0.4 is 0 Å². The van der Waals surface area contributed by atoms with Crippen LogP contribution in [0.2, 0.25) is 0 Å². The number of piperidine rings is 1. The van der Waals surface area contributed by atoms with E-state index < -0.39 is 11.4 Å². The van der Waals surface area contributed by atoms with E-state index in [0.717, 1.165) is 16.6 Å². The molecule has 2 rings (SSSR count). The van der Waals surface area contributed by atoms with Crippen LogP contribution in [0.15, 0.2) is 28.7 Å². The third-order valence-electron chi connectivity index (χ3n) is 4.32. The smallest absolute Gasteiger partial charge is 0.318 e. The molecule has 1 heterocycles. The molecule has 5 heteroatoms. The molecule has 0 bridgehead atoms. The maximum absolute atomic E-state index is 12.3. The Hall–Kier alpha value is -1.20. The van der Waals surface area contributed by atoms with Crippen molar-refractivity contribution >= 4 is 27.7 Å². The number of hydrogen-bond donors (Lipinski definition) is 1. The van der Waals surface area contributed by atoms with Gasteiger partial charge in [0.2, 0.25) is 0 Å². The van der Waals surface area contributed by atoms with E-state index in [1.165, 1.54) is 0 Å². The number of ketones is 1. The molecule has 0 spiro atoms. The van der Waals surface area contributed by atoms with Gasteiger partial charge < -0.3 is 10.0 Å². The number of rotatable bonds is 5. The standard InChI is InChI=1S/C16H20BrNO3/c1-2-18-10-8-14(19)16(11-18,15(20)21)9-7-12-5-3-4-6-13(12)17/h3-6H,2,7-11H2,1H3,(H,20,21). The van der Waals surface area contributed by atoms with E-state index in [1.807, 2.05) is 31.2 Å². The summed E-state index contributed by atoms with van der Waals surface area (Å²) in [5.41, 5.74) is -0.219. The van der Waals surface area contributed by atoms with Crippen LogP contribution in [0.1, 0.15) is 25.3 Å². The summed E-state index contributed by atoms with van der Waals surface area (Å²) in [5, 5.41) is 9.66. The second kappa shape index (κ2) is 6.71. The third-order valence-corrected chi connectivity index (χ3v) is 5.09. The summed E-state index contributed by atoms with van der Waals surface area (Å²) in [7, 11) is 0. The summed E-state index contributed by atoms with van der Waals surface area (Å²) < 4.78 is 0.959. The van der Waals surface area contributed by atoms with E-state index in [4.69, 9.17) is 0 Å². The zero-order valence-corrected chi connectivity index (χ0v) is 13.7. The Kier molecular flexibility index (Phi) is 5.17. The maximum atomic E-state index is 12.3. The Balaban J connectivity index is 2.20. The number of benzene rings is 1. The van der Waals surface area contributed by atoms with Gasteiger partial charge >= 0.3 is 5.97 Å². The molecule has 114 valence electrons. The maximum Gasteiger partial charge on any atom is 0.318 e. The first-order chi connectivity index (χ1) is 9.99. The molecule has 1 unspecified atom stereocenters. The molecular weight excluding hydrogens is 334 g/mol. The number of Topliss-reactive ketones (excluding diaryl/α,β-unsaturated/α-hetero) is 1. The van der Waals surface area contributed by atoms with Crippen molar-refractivity contribution in [3.05, 3.63) is 34.3 Å². The van der Waals surface area contributed by atoms with Gasteiger partial charge in [-0.2, -0.15) is 0 Å². The van der Waals surface area contributed by atoms with Crippen molar-refractivity contribution in [3.63, 3.8) is 0 Å². The molecule has 1 fully saturated rings. The van der Waals surface area contributed by atoms with Gasteiger partial charge in [0.25, 0.3) is 0 Å². The SMILES string of the molecule is CCN1CCC(=O)C(CCc2ccccc2Br)(C(=O)O)C1. The van der Waals surface area contributed by atoms with E-state index in [0.29, 0.717) is 32.4 Å². The number of carboxylic acids is 1. The molecule has 0 radical (unpaired) electrons. The van der Waals surface area contributed by atoms with Crippen LogP contribution in [-0.4, -0.2) is 41.4 Å². The van der Waals surface area contributed by atoms with Crippen LogP contribution in [0.4, 0.5) is 0 Å². The summed E-state index contributed by atoms with van der Waals surface area (Å²) in [6.07, 6.45) is 1.26. The average Bonchev–Trinajstić information content (AvgIpc) is 2.47. The topological polar surface area (TPSA) is 57.6 Å². The summed E-state index contributed by atoms with van der Waals surface area (Å²) in [6.45, 7) is 3.76. The normalized spacial score (nSPS) is 23.2. The van der Waals surface area contributed by atoms with Gasteiger partial charge in [0.1, 0.15) is 5.41 Å². The second-order valence-corrected chi connectivity index (χ2v) is 6.37. The van der Waals surface area contributed by atoms with Gasteiger partial charge in [-0.05, 0) is 31.0 Å². The number of aliphatic carboxylic acids is 1. The Morgan fingerprint density at radius 1 is 1.43 bits per heavy atom. The number of aryl methyl sites for hydroxylation is 1. The zero-order valence-electron chi connectivity index (χ0n) is 12.1. The molecule has 1 saturated heterocycles. The summed E-state index contributed by atoms with van der Waals surface area (Å²) >= 11 is 3.47. The van der Waals surface area contributed by atoms with Crippen LogP contribution in [-0.2, 0) is 16.0 Å². The number of nitrogens with zero attached hydrogens (tertiary/aromatic N) is 1. The highest BCUT2D eigenvalue weighted by molar-refractivity contribution is 9.10. The molecule has 1 aromatic rings. The Morgan fingerprint density at radius 2 is 2.14 bits per heavy atom. The van der Waals surface area contributed by atoms with Crippen molar-refractivity contribution in [1.29, 1.82) is 0 Å². The Labute approximate surface area is 133 Å². The van der Waals surface area contributed by atoms with E-state index >= 15 is 0 Å². The van der Waals surface area contributed by atoms with E-state index in [-0.39, 0.29) is 5.78 Å². The van der Waals surface area contributed by atoms with Crippen molar-refractivity contribution in [2.75, 3.05) is 19.6 Å². The van der Waals surface area contributed by atoms with Crippen molar-refractivity contribution in [2.45, 2.75) is 26.2 Å². The van der Waals surface area contributed by atoms with Crippen LogP contribution in [0.25, 0.3) is 0 Å². The first kappa shape index (κ1) is 16.2. The highest BCUT2D eigenvalue weighted by Gasteiger charge is 2.48. The number of hydrogen-bond acceptors (Lipinski definition) is 3. The molecule has 1 aliphatic heterocycles. The lowest BCUT2D eigenvalue weighted by Crippen LogP contribution is -2.53. The molecule has 1 N–H and O–H groups in total. The van der Waals surface area contributed by atoms with Gasteiger partial charge in [0.15, 0.2) is 5.78 Å². The van der Waals surface area contributed by atoms with Gasteiger partial charge in [-0.3, -0.25) is 9.59 Å². The van der Waals surface area contributed by atoms with Crippen LogP contribution in [0.3, 0.4) is 0 Å². The minimum absolute atomic E-state index is 0.133. The van der Waals surface area contributed by atoms with Gasteiger partial charge in [0, 0.05) is 24.0 Å². The number of carbonyl (C=O) groups is 2. The lowest BCUT2D eigenvalue weighted by molar-refractivity contribution is -0.159. The van der Waals surface area contributed by atoms with E-state index in [2.05, 4.69) is 20.8 Å². The summed E-state index contributed by atoms with van der Waals surface area (Å²) in [4.78, 5) is 26.2. The Bertz CT molecular complexity index is 546. The van der Waals surface area contributed by atoms with Gasteiger partial charge in [-0.25, -0.2) is 0 Å². The van der Waals surface area contributed by atoms with Gasteiger partial charge in [-0.1, -0.05) is 41.1 Å². The summed E-state index contributed by atoms with van der Waals surface area (Å²) in [5.74, 6) is -1.12.